The van der Waals surface area contributed by atoms with E-state index < -0.39 is 0 Å². The van der Waals surface area contributed by atoms with Gasteiger partial charge in [-0.25, -0.2) is 4.39 Å². The molecule has 0 aliphatic carbocycles. The number of aromatic nitrogens is 3. The van der Waals surface area contributed by atoms with E-state index in [2.05, 4.69) is 20.8 Å². The maximum Gasteiger partial charge on any atom is 0.170 e. The highest BCUT2D eigenvalue weighted by atomic mass is 19.1. The van der Waals surface area contributed by atoms with E-state index in [0.29, 0.717) is 22.8 Å². The van der Waals surface area contributed by atoms with Gasteiger partial charge < -0.3 is 20.8 Å². The lowest BCUT2D eigenvalue weighted by Crippen LogP contribution is -2.09. The molecule has 8 heteroatoms. The molecule has 2 heterocycles. The molecule has 0 saturated carbocycles. The van der Waals surface area contributed by atoms with Crippen molar-refractivity contribution in [2.45, 2.75) is 13.5 Å². The normalized spacial score (nSPS) is 11.9. The molecule has 0 radical (unpaired) electrons. The summed E-state index contributed by atoms with van der Waals surface area (Å²) in [5.41, 5.74) is 3.40. The zero-order chi connectivity index (χ0) is 19.4. The van der Waals surface area contributed by atoms with Crippen molar-refractivity contribution in [2.75, 3.05) is 19.5 Å². The molecule has 0 amide bonds. The second kappa shape index (κ2) is 7.86. The highest BCUT2D eigenvalue weighted by Crippen LogP contribution is 2.25. The first-order valence-electron chi connectivity index (χ1n) is 8.38. The summed E-state index contributed by atoms with van der Waals surface area (Å²) in [6, 6.07) is 8.45. The number of anilines is 1. The molecule has 7 nitrogen and oxygen atoms in total. The molecule has 3 aromatic rings. The van der Waals surface area contributed by atoms with Gasteiger partial charge in [-0.1, -0.05) is 6.07 Å². The zero-order valence-electron chi connectivity index (χ0n) is 15.4. The minimum Gasteiger partial charge on any atom is -0.496 e. The van der Waals surface area contributed by atoms with Crippen molar-refractivity contribution in [3.05, 3.63) is 59.3 Å². The lowest BCUT2D eigenvalue weighted by atomic mass is 10.1. The maximum absolute atomic E-state index is 14.1. The summed E-state index contributed by atoms with van der Waals surface area (Å²) in [5.74, 6) is 0.852. The van der Waals surface area contributed by atoms with Crippen LogP contribution in [0.15, 0.2) is 42.4 Å². The molecule has 0 bridgehead atoms. The Morgan fingerprint density at radius 1 is 1.33 bits per heavy atom. The summed E-state index contributed by atoms with van der Waals surface area (Å²) >= 11 is 0. The predicted molar refractivity (Wildman–Crippen MR) is 104 cm³/mol. The Labute approximate surface area is 156 Å². The number of pyridine rings is 1. The van der Waals surface area contributed by atoms with Gasteiger partial charge in [0.25, 0.3) is 0 Å². The lowest BCUT2D eigenvalue weighted by molar-refractivity contribution is 0.405. The van der Waals surface area contributed by atoms with E-state index in [-0.39, 0.29) is 12.4 Å². The van der Waals surface area contributed by atoms with E-state index >= 15 is 0 Å². The SMILES string of the molecule is CN/C(C)=C(\C=N)c1ccc(NCc2c(F)cccc2OC)n2cnnc12. The van der Waals surface area contributed by atoms with Crippen LogP contribution in [0, 0.1) is 11.2 Å². The molecular formula is C19H21FN6O. The van der Waals surface area contributed by atoms with Crippen molar-refractivity contribution in [3.8, 4) is 5.75 Å². The van der Waals surface area contributed by atoms with Gasteiger partial charge in [-0.15, -0.1) is 10.2 Å². The maximum atomic E-state index is 14.1. The van der Waals surface area contributed by atoms with E-state index in [1.165, 1.54) is 19.4 Å². The third kappa shape index (κ3) is 3.46. The topological polar surface area (TPSA) is 87.3 Å². The number of nitrogens with one attached hydrogen (secondary N) is 3. The number of rotatable bonds is 7. The van der Waals surface area contributed by atoms with E-state index in [1.807, 2.05) is 19.1 Å². The van der Waals surface area contributed by atoms with Crippen molar-refractivity contribution in [1.82, 2.24) is 19.9 Å². The Kier molecular flexibility index (Phi) is 5.35. The minimum atomic E-state index is -0.336. The van der Waals surface area contributed by atoms with Crippen LogP contribution in [-0.4, -0.2) is 35.0 Å². The lowest BCUT2D eigenvalue weighted by Gasteiger charge is -2.14. The van der Waals surface area contributed by atoms with Gasteiger partial charge in [0.05, 0.1) is 7.11 Å². The van der Waals surface area contributed by atoms with Gasteiger partial charge in [0.1, 0.15) is 23.7 Å². The quantitative estimate of drug-likeness (QED) is 0.558. The molecule has 0 spiro atoms. The number of benzene rings is 1. The molecule has 3 rings (SSSR count). The van der Waals surface area contributed by atoms with Crippen molar-refractivity contribution < 1.29 is 9.13 Å². The number of ether oxygens (including phenoxy) is 1. The summed E-state index contributed by atoms with van der Waals surface area (Å²) in [6.45, 7) is 2.13. The summed E-state index contributed by atoms with van der Waals surface area (Å²) < 4.78 is 21.2. The van der Waals surface area contributed by atoms with Gasteiger partial charge >= 0.3 is 0 Å². The number of fused-ring (bicyclic) bond motifs is 1. The van der Waals surface area contributed by atoms with Crippen LogP contribution in [0.1, 0.15) is 18.1 Å². The van der Waals surface area contributed by atoms with Crippen LogP contribution in [0.25, 0.3) is 11.2 Å². The Morgan fingerprint density at radius 3 is 2.85 bits per heavy atom. The van der Waals surface area contributed by atoms with Crippen molar-refractivity contribution >= 4 is 23.3 Å². The van der Waals surface area contributed by atoms with E-state index in [9.17, 15) is 4.39 Å². The standard InChI is InChI=1S/C19H21FN6O/c1-12(22-2)14(9-21)13-7-8-18(26-11-24-25-19(13)26)23-10-15-16(20)5-4-6-17(15)27-3/h4-9,11,21-23H,10H2,1-3H3/b14-12+,21-9?. The fraction of sp³-hybridized carbons (Fsp3) is 0.211. The van der Waals surface area contributed by atoms with Crippen molar-refractivity contribution in [1.29, 1.82) is 5.41 Å². The second-order valence-corrected chi connectivity index (χ2v) is 5.86. The first-order chi connectivity index (χ1) is 13.1. The Bertz CT molecular complexity index is 1010. The summed E-state index contributed by atoms with van der Waals surface area (Å²) in [4.78, 5) is 0. The Hall–Kier alpha value is -3.42. The smallest absolute Gasteiger partial charge is 0.170 e. The van der Waals surface area contributed by atoms with Crippen LogP contribution in [0.3, 0.4) is 0 Å². The van der Waals surface area contributed by atoms with Crippen LogP contribution in [0.5, 0.6) is 5.75 Å². The molecule has 0 unspecified atom stereocenters. The average molecular weight is 368 g/mol. The first-order valence-corrected chi connectivity index (χ1v) is 8.38. The Morgan fingerprint density at radius 2 is 2.15 bits per heavy atom. The first kappa shape index (κ1) is 18.4. The van der Waals surface area contributed by atoms with Gasteiger partial charge in [-0.3, -0.25) is 4.40 Å². The molecule has 27 heavy (non-hydrogen) atoms. The zero-order valence-corrected chi connectivity index (χ0v) is 15.4. The third-order valence-corrected chi connectivity index (χ3v) is 4.41. The van der Waals surface area contributed by atoms with Crippen LogP contribution in [0.4, 0.5) is 10.2 Å². The third-order valence-electron chi connectivity index (χ3n) is 4.41. The second-order valence-electron chi connectivity index (χ2n) is 5.86. The monoisotopic (exact) mass is 368 g/mol. The molecular weight excluding hydrogens is 347 g/mol. The number of allylic oxidation sites excluding steroid dienone is 2. The molecule has 0 saturated heterocycles. The average Bonchev–Trinajstić information content (AvgIpc) is 3.18. The highest BCUT2D eigenvalue weighted by Gasteiger charge is 2.14. The Balaban J connectivity index is 1.98. The molecule has 0 aliphatic rings. The summed E-state index contributed by atoms with van der Waals surface area (Å²) in [7, 11) is 3.32. The van der Waals surface area contributed by atoms with Crippen molar-refractivity contribution in [3.63, 3.8) is 0 Å². The van der Waals surface area contributed by atoms with E-state index in [0.717, 1.165) is 16.8 Å². The van der Waals surface area contributed by atoms with Gasteiger partial charge in [0.2, 0.25) is 0 Å². The van der Waals surface area contributed by atoms with Gasteiger partial charge in [-0.05, 0) is 31.2 Å². The van der Waals surface area contributed by atoms with Crippen LogP contribution >= 0.6 is 0 Å². The number of halogens is 1. The van der Waals surface area contributed by atoms with Crippen LogP contribution < -0.4 is 15.4 Å². The molecule has 0 fully saturated rings. The molecule has 0 atom stereocenters. The van der Waals surface area contributed by atoms with Gasteiger partial charge in [0.15, 0.2) is 5.65 Å². The predicted octanol–water partition coefficient (Wildman–Crippen LogP) is 3.09. The summed E-state index contributed by atoms with van der Waals surface area (Å²) in [6.07, 6.45) is 2.86. The number of hydrogen-bond acceptors (Lipinski definition) is 6. The number of nitrogens with zero attached hydrogens (tertiary/aromatic N) is 3. The van der Waals surface area contributed by atoms with Crippen LogP contribution in [0.2, 0.25) is 0 Å². The molecule has 3 N–H and O–H groups in total. The molecule has 140 valence electrons. The number of methoxy groups -OCH3 is 1. The van der Waals surface area contributed by atoms with Gasteiger partial charge in [0, 0.05) is 42.2 Å². The molecule has 1 aromatic carbocycles. The fourth-order valence-electron chi connectivity index (χ4n) is 2.87. The molecule has 2 aromatic heterocycles. The van der Waals surface area contributed by atoms with Crippen LogP contribution in [-0.2, 0) is 6.54 Å². The summed E-state index contributed by atoms with van der Waals surface area (Å²) in [5, 5.41) is 22.1. The molecule has 0 aliphatic heterocycles. The largest absolute Gasteiger partial charge is 0.496 e. The van der Waals surface area contributed by atoms with E-state index in [1.54, 1.807) is 29.9 Å². The number of hydrogen-bond donors (Lipinski definition) is 3. The van der Waals surface area contributed by atoms with Gasteiger partial charge in [-0.2, -0.15) is 0 Å². The minimum absolute atomic E-state index is 0.241. The van der Waals surface area contributed by atoms with E-state index in [4.69, 9.17) is 10.1 Å². The fourth-order valence-corrected chi connectivity index (χ4v) is 2.87. The highest BCUT2D eigenvalue weighted by molar-refractivity contribution is 6.11. The van der Waals surface area contributed by atoms with Crippen molar-refractivity contribution in [2.24, 2.45) is 0 Å².